The highest BCUT2D eigenvalue weighted by Crippen LogP contribution is 2.28. The van der Waals surface area contributed by atoms with Gasteiger partial charge in [-0.1, -0.05) is 66.7 Å². The smallest absolute Gasteiger partial charge is 0.184 e. The first-order valence-electron chi connectivity index (χ1n) is 9.56. The van der Waals surface area contributed by atoms with Gasteiger partial charge in [0.2, 0.25) is 0 Å². The van der Waals surface area contributed by atoms with Crippen LogP contribution in [0.1, 0.15) is 18.1 Å². The fourth-order valence-corrected chi connectivity index (χ4v) is 3.30. The third-order valence-corrected chi connectivity index (χ3v) is 4.72. The molecule has 1 fully saturated rings. The average molecular weight is 384 g/mol. The van der Waals surface area contributed by atoms with Crippen molar-refractivity contribution in [1.82, 2.24) is 0 Å². The van der Waals surface area contributed by atoms with Gasteiger partial charge < -0.3 is 24.1 Å². The number of ether oxygens (including phenoxy) is 4. The summed E-state index contributed by atoms with van der Waals surface area (Å²) in [5, 5.41) is 10.5. The molecule has 0 aliphatic carbocycles. The van der Waals surface area contributed by atoms with Gasteiger partial charge in [0, 0.05) is 0 Å². The van der Waals surface area contributed by atoms with Crippen LogP contribution < -0.4 is 0 Å². The topological polar surface area (TPSA) is 57.2 Å². The van der Waals surface area contributed by atoms with Crippen molar-refractivity contribution in [3.05, 3.63) is 84.4 Å². The third-order valence-electron chi connectivity index (χ3n) is 4.72. The highest BCUT2D eigenvalue weighted by atomic mass is 16.7. The Morgan fingerprint density at radius 2 is 1.39 bits per heavy atom. The molecule has 3 rings (SSSR count). The Morgan fingerprint density at radius 1 is 0.857 bits per heavy atom. The molecule has 150 valence electrons. The molecule has 5 nitrogen and oxygen atoms in total. The largest absolute Gasteiger partial charge is 0.368 e. The second-order valence-corrected chi connectivity index (χ2v) is 6.84. The third kappa shape index (κ3) is 5.50. The van der Waals surface area contributed by atoms with Crippen LogP contribution in [0.5, 0.6) is 0 Å². The first kappa shape index (κ1) is 20.7. The molecule has 1 saturated heterocycles. The van der Waals surface area contributed by atoms with Crippen LogP contribution >= 0.6 is 0 Å². The summed E-state index contributed by atoms with van der Waals surface area (Å²) in [5.74, 6) is 0. The van der Waals surface area contributed by atoms with E-state index in [4.69, 9.17) is 18.9 Å². The summed E-state index contributed by atoms with van der Waals surface area (Å²) < 4.78 is 23.8. The zero-order valence-electron chi connectivity index (χ0n) is 16.1. The zero-order valence-corrected chi connectivity index (χ0v) is 16.1. The molecule has 5 heteroatoms. The van der Waals surface area contributed by atoms with E-state index in [2.05, 4.69) is 6.58 Å². The first-order chi connectivity index (χ1) is 13.7. The van der Waals surface area contributed by atoms with Gasteiger partial charge in [0.15, 0.2) is 6.29 Å². The van der Waals surface area contributed by atoms with Crippen molar-refractivity contribution < 1.29 is 24.1 Å². The lowest BCUT2D eigenvalue weighted by Crippen LogP contribution is -2.59. The molecule has 1 heterocycles. The average Bonchev–Trinajstić information content (AvgIpc) is 2.72. The fourth-order valence-electron chi connectivity index (χ4n) is 3.30. The molecule has 28 heavy (non-hydrogen) atoms. The molecule has 0 bridgehead atoms. The molecular weight excluding hydrogens is 356 g/mol. The van der Waals surface area contributed by atoms with Crippen molar-refractivity contribution in [3.8, 4) is 0 Å². The molecule has 0 aromatic heterocycles. The summed E-state index contributed by atoms with van der Waals surface area (Å²) in [6, 6.07) is 19.7. The summed E-state index contributed by atoms with van der Waals surface area (Å²) >= 11 is 0. The highest BCUT2D eigenvalue weighted by molar-refractivity contribution is 5.14. The minimum Gasteiger partial charge on any atom is -0.368 e. The Labute approximate surface area is 166 Å². The predicted octanol–water partition coefficient (Wildman–Crippen LogP) is 3.47. The van der Waals surface area contributed by atoms with Crippen molar-refractivity contribution in [2.45, 2.75) is 50.8 Å². The lowest BCUT2D eigenvalue weighted by atomic mass is 9.99. The zero-order chi connectivity index (χ0) is 19.8. The van der Waals surface area contributed by atoms with Crippen molar-refractivity contribution >= 4 is 0 Å². The summed E-state index contributed by atoms with van der Waals surface area (Å²) in [5.41, 5.74) is 2.07. The Morgan fingerprint density at radius 3 is 1.93 bits per heavy atom. The Hall–Kier alpha value is -2.02. The van der Waals surface area contributed by atoms with Crippen molar-refractivity contribution in [2.75, 3.05) is 6.61 Å². The van der Waals surface area contributed by atoms with Crippen LogP contribution in [-0.4, -0.2) is 42.4 Å². The number of aliphatic hydroxyl groups excluding tert-OH is 1. The lowest BCUT2D eigenvalue weighted by Gasteiger charge is -2.43. The van der Waals surface area contributed by atoms with E-state index in [1.807, 2.05) is 67.6 Å². The molecule has 0 saturated carbocycles. The predicted molar refractivity (Wildman–Crippen MR) is 107 cm³/mol. The monoisotopic (exact) mass is 384 g/mol. The minimum absolute atomic E-state index is 0.334. The Kier molecular flexibility index (Phi) is 7.77. The van der Waals surface area contributed by atoms with E-state index in [-0.39, 0.29) is 12.2 Å². The Bertz CT molecular complexity index is 650. The van der Waals surface area contributed by atoms with E-state index in [1.54, 1.807) is 6.08 Å². The van der Waals surface area contributed by atoms with Gasteiger partial charge in [-0.2, -0.15) is 0 Å². The molecule has 2 aromatic carbocycles. The normalized spacial score (nSPS) is 27.4. The number of benzene rings is 2. The number of hydrogen-bond acceptors (Lipinski definition) is 5. The Balaban J connectivity index is 1.71. The molecule has 1 N–H and O–H groups in total. The maximum Gasteiger partial charge on any atom is 0.184 e. The van der Waals surface area contributed by atoms with E-state index in [0.717, 1.165) is 11.1 Å². The quantitative estimate of drug-likeness (QED) is 0.671. The van der Waals surface area contributed by atoms with Crippen LogP contribution in [0.25, 0.3) is 0 Å². The second kappa shape index (κ2) is 10.5. The molecule has 2 aromatic rings. The van der Waals surface area contributed by atoms with Gasteiger partial charge in [0.05, 0.1) is 25.9 Å². The maximum absolute atomic E-state index is 10.5. The fraction of sp³-hybridized carbons (Fsp3) is 0.391. The van der Waals surface area contributed by atoms with Crippen molar-refractivity contribution in [2.24, 2.45) is 0 Å². The van der Waals surface area contributed by atoms with Crippen LogP contribution in [0, 0.1) is 0 Å². The maximum atomic E-state index is 10.5. The summed E-state index contributed by atoms with van der Waals surface area (Å²) in [6.07, 6.45) is -1.30. The van der Waals surface area contributed by atoms with Gasteiger partial charge in [-0.05, 0) is 18.1 Å². The minimum atomic E-state index is -1.09. The number of rotatable bonds is 9. The van der Waals surface area contributed by atoms with Crippen LogP contribution in [0.4, 0.5) is 0 Å². The second-order valence-electron chi connectivity index (χ2n) is 6.84. The standard InChI is InChI=1S/C23H28O5/c1-3-14-25-21-20(26-15-18-10-6-4-7-11-18)17(2)28-23(24)22(21)27-16-19-12-8-5-9-13-19/h3-13,17,20-24H,1,14-16H2,2H3/t17-,20-,21+,22+,23?/m0/s1. The van der Waals surface area contributed by atoms with Crippen LogP contribution in [0.2, 0.25) is 0 Å². The molecular formula is C23H28O5. The SMILES string of the molecule is C=CCO[C@@H]1[C@@H](OCc2ccccc2)[C@H](C)OC(O)[C@@H]1OCc1ccccc1. The first-order valence-corrected chi connectivity index (χ1v) is 9.56. The van der Waals surface area contributed by atoms with Gasteiger partial charge in [-0.25, -0.2) is 0 Å². The van der Waals surface area contributed by atoms with Gasteiger partial charge in [0.1, 0.15) is 18.3 Å². The van der Waals surface area contributed by atoms with Crippen molar-refractivity contribution in [3.63, 3.8) is 0 Å². The van der Waals surface area contributed by atoms with Gasteiger partial charge in [-0.15, -0.1) is 6.58 Å². The van der Waals surface area contributed by atoms with E-state index in [1.165, 1.54) is 0 Å². The molecule has 0 radical (unpaired) electrons. The molecule has 1 aliphatic heterocycles. The molecule has 0 amide bonds. The van der Waals surface area contributed by atoms with Crippen LogP contribution in [0.3, 0.4) is 0 Å². The van der Waals surface area contributed by atoms with Gasteiger partial charge in [-0.3, -0.25) is 0 Å². The van der Waals surface area contributed by atoms with Crippen LogP contribution in [0.15, 0.2) is 73.3 Å². The van der Waals surface area contributed by atoms with E-state index < -0.39 is 18.5 Å². The van der Waals surface area contributed by atoms with Gasteiger partial charge in [0.25, 0.3) is 0 Å². The van der Waals surface area contributed by atoms with Crippen molar-refractivity contribution in [1.29, 1.82) is 0 Å². The highest BCUT2D eigenvalue weighted by Gasteiger charge is 2.46. The summed E-state index contributed by atoms with van der Waals surface area (Å²) in [6.45, 7) is 6.70. The van der Waals surface area contributed by atoms with Gasteiger partial charge >= 0.3 is 0 Å². The molecule has 1 aliphatic rings. The van der Waals surface area contributed by atoms with E-state index >= 15 is 0 Å². The number of aliphatic hydroxyl groups is 1. The van der Waals surface area contributed by atoms with Crippen LogP contribution in [-0.2, 0) is 32.2 Å². The summed E-state index contributed by atoms with van der Waals surface area (Å²) in [7, 11) is 0. The molecule has 5 atom stereocenters. The lowest BCUT2D eigenvalue weighted by molar-refractivity contribution is -0.305. The van der Waals surface area contributed by atoms with E-state index in [0.29, 0.717) is 19.8 Å². The van der Waals surface area contributed by atoms with E-state index in [9.17, 15) is 5.11 Å². The number of hydrogen-bond donors (Lipinski definition) is 1. The summed E-state index contributed by atoms with van der Waals surface area (Å²) in [4.78, 5) is 0. The molecule has 1 unspecified atom stereocenters. The molecule has 0 spiro atoms.